The molecule has 2 unspecified atom stereocenters. The molecule has 2 aromatic carbocycles. The minimum Gasteiger partial charge on any atom is -0.373 e. The highest BCUT2D eigenvalue weighted by Crippen LogP contribution is 2.23. The van der Waals surface area contributed by atoms with Crippen LogP contribution in [-0.2, 0) is 24.6 Å². The zero-order valence-electron chi connectivity index (χ0n) is 17.8. The smallest absolute Gasteiger partial charge is 0.255 e. The molecule has 8 nitrogen and oxygen atoms in total. The molecule has 1 fully saturated rings. The summed E-state index contributed by atoms with van der Waals surface area (Å²) in [7, 11) is -7.12. The lowest BCUT2D eigenvalue weighted by Gasteiger charge is -2.34. The van der Waals surface area contributed by atoms with Crippen molar-refractivity contribution in [3.63, 3.8) is 0 Å². The lowest BCUT2D eigenvalue weighted by Crippen LogP contribution is -2.48. The molecule has 2 atom stereocenters. The molecule has 3 rings (SSSR count). The molecule has 31 heavy (non-hydrogen) atoms. The number of anilines is 1. The molecule has 1 N–H and O–H groups in total. The van der Waals surface area contributed by atoms with Gasteiger partial charge >= 0.3 is 0 Å². The molecule has 1 heterocycles. The first kappa shape index (κ1) is 23.4. The second-order valence-electron chi connectivity index (χ2n) is 7.81. The molecule has 168 valence electrons. The predicted molar refractivity (Wildman–Crippen MR) is 117 cm³/mol. The van der Waals surface area contributed by atoms with Crippen molar-refractivity contribution in [3.05, 3.63) is 53.6 Å². The molecule has 0 spiro atoms. The Morgan fingerprint density at radius 3 is 2.06 bits per heavy atom. The zero-order valence-corrected chi connectivity index (χ0v) is 19.5. The quantitative estimate of drug-likeness (QED) is 0.725. The topological polar surface area (TPSA) is 110 Å². The zero-order chi connectivity index (χ0) is 23.0. The first-order valence-corrected chi connectivity index (χ1v) is 13.1. The summed E-state index contributed by atoms with van der Waals surface area (Å²) in [5, 5.41) is 2.69. The van der Waals surface area contributed by atoms with Crippen LogP contribution in [0.3, 0.4) is 0 Å². The summed E-state index contributed by atoms with van der Waals surface area (Å²) < 4.78 is 56.4. The van der Waals surface area contributed by atoms with E-state index in [2.05, 4.69) is 5.32 Å². The second-order valence-corrected chi connectivity index (χ2v) is 11.8. The average Bonchev–Trinajstić information content (AvgIpc) is 2.68. The third-order valence-corrected chi connectivity index (χ3v) is 7.98. The maximum absolute atomic E-state index is 12.9. The SMILES string of the molecule is Cc1ccc(S(C)(=O)=O)cc1NC(=O)c1ccc(S(=O)(=O)N2CC(C)OC(C)C2)cc1. The summed E-state index contributed by atoms with van der Waals surface area (Å²) in [6.45, 7) is 5.94. The minimum absolute atomic E-state index is 0.0978. The fourth-order valence-corrected chi connectivity index (χ4v) is 5.65. The van der Waals surface area contributed by atoms with Gasteiger partial charge in [0.05, 0.1) is 22.0 Å². The van der Waals surface area contributed by atoms with Gasteiger partial charge < -0.3 is 10.1 Å². The predicted octanol–water partition coefficient (Wildman–Crippen LogP) is 2.45. The highest BCUT2D eigenvalue weighted by molar-refractivity contribution is 7.90. The number of carbonyl (C=O) groups excluding carboxylic acids is 1. The first-order chi connectivity index (χ1) is 14.4. The number of morpholine rings is 1. The van der Waals surface area contributed by atoms with Crippen LogP contribution in [0.25, 0.3) is 0 Å². The van der Waals surface area contributed by atoms with Crippen LogP contribution in [-0.4, -0.2) is 58.6 Å². The Morgan fingerprint density at radius 2 is 1.52 bits per heavy atom. The van der Waals surface area contributed by atoms with Crippen LogP contribution in [0.2, 0.25) is 0 Å². The Hall–Kier alpha value is -2.27. The highest BCUT2D eigenvalue weighted by Gasteiger charge is 2.32. The van der Waals surface area contributed by atoms with Crippen molar-refractivity contribution in [3.8, 4) is 0 Å². The number of rotatable bonds is 5. The Bertz CT molecular complexity index is 1180. The number of carbonyl (C=O) groups is 1. The molecule has 0 aliphatic carbocycles. The van der Waals surface area contributed by atoms with Crippen molar-refractivity contribution < 1.29 is 26.4 Å². The molecule has 1 saturated heterocycles. The lowest BCUT2D eigenvalue weighted by molar-refractivity contribution is -0.0440. The van der Waals surface area contributed by atoms with E-state index in [9.17, 15) is 21.6 Å². The van der Waals surface area contributed by atoms with Gasteiger partial charge in [-0.1, -0.05) is 6.07 Å². The Balaban J connectivity index is 1.80. The van der Waals surface area contributed by atoms with Crippen LogP contribution in [0.4, 0.5) is 5.69 Å². The number of nitrogens with zero attached hydrogens (tertiary/aromatic N) is 1. The molecule has 10 heteroatoms. The fraction of sp³-hybridized carbons (Fsp3) is 0.381. The van der Waals surface area contributed by atoms with Crippen molar-refractivity contribution in [1.29, 1.82) is 0 Å². The van der Waals surface area contributed by atoms with E-state index in [-0.39, 0.29) is 40.7 Å². The average molecular weight is 467 g/mol. The van der Waals surface area contributed by atoms with Crippen LogP contribution in [0.15, 0.2) is 52.3 Å². The van der Waals surface area contributed by atoms with Crippen molar-refractivity contribution >= 4 is 31.5 Å². The van der Waals surface area contributed by atoms with Gasteiger partial charge in [-0.3, -0.25) is 4.79 Å². The summed E-state index contributed by atoms with van der Waals surface area (Å²) in [6.07, 6.45) is 0.697. The number of hydrogen-bond donors (Lipinski definition) is 1. The Kier molecular flexibility index (Phi) is 6.56. The highest BCUT2D eigenvalue weighted by atomic mass is 32.2. The fourth-order valence-electron chi connectivity index (χ4n) is 3.42. The summed E-state index contributed by atoms with van der Waals surface area (Å²) in [4.78, 5) is 12.8. The van der Waals surface area contributed by atoms with Crippen LogP contribution in [0, 0.1) is 6.92 Å². The van der Waals surface area contributed by atoms with Crippen molar-refractivity contribution in [2.75, 3.05) is 24.7 Å². The van der Waals surface area contributed by atoms with E-state index in [0.717, 1.165) is 6.26 Å². The van der Waals surface area contributed by atoms with E-state index in [1.165, 1.54) is 40.7 Å². The Morgan fingerprint density at radius 1 is 0.968 bits per heavy atom. The van der Waals surface area contributed by atoms with Gasteiger partial charge in [0.1, 0.15) is 0 Å². The van der Waals surface area contributed by atoms with Gasteiger partial charge in [-0.2, -0.15) is 4.31 Å². The summed E-state index contributed by atoms with van der Waals surface area (Å²) in [5.74, 6) is -0.466. The third-order valence-electron chi connectivity index (χ3n) is 5.03. The van der Waals surface area contributed by atoms with Gasteiger partial charge in [0.25, 0.3) is 5.91 Å². The number of sulfonamides is 1. The molecule has 1 amide bonds. The molecule has 0 aromatic heterocycles. The van der Waals surface area contributed by atoms with E-state index in [0.29, 0.717) is 11.3 Å². The van der Waals surface area contributed by atoms with E-state index in [4.69, 9.17) is 4.74 Å². The van der Waals surface area contributed by atoms with Gasteiger partial charge in [-0.25, -0.2) is 16.8 Å². The first-order valence-electron chi connectivity index (χ1n) is 9.75. The summed E-state index contributed by atoms with van der Waals surface area (Å²) in [6, 6.07) is 10.2. The number of aryl methyl sites for hydroxylation is 1. The molecule has 1 aliphatic heterocycles. The number of amides is 1. The maximum atomic E-state index is 12.9. The van der Waals surface area contributed by atoms with Gasteiger partial charge in [0.15, 0.2) is 9.84 Å². The summed E-state index contributed by atoms with van der Waals surface area (Å²) in [5.41, 5.74) is 1.34. The van der Waals surface area contributed by atoms with Crippen molar-refractivity contribution in [2.45, 2.75) is 42.8 Å². The van der Waals surface area contributed by atoms with Crippen molar-refractivity contribution in [2.24, 2.45) is 0 Å². The van der Waals surface area contributed by atoms with Crippen LogP contribution >= 0.6 is 0 Å². The normalized spacial score (nSPS) is 20.4. The van der Waals surface area contributed by atoms with Crippen molar-refractivity contribution in [1.82, 2.24) is 4.31 Å². The van der Waals surface area contributed by atoms with Gasteiger partial charge in [-0.05, 0) is 62.7 Å². The van der Waals surface area contributed by atoms with Gasteiger partial charge in [-0.15, -0.1) is 0 Å². The van der Waals surface area contributed by atoms with E-state index in [1.807, 2.05) is 13.8 Å². The molecular formula is C21H26N2O6S2. The Labute approximate surface area is 183 Å². The van der Waals surface area contributed by atoms with Crippen LogP contribution in [0.1, 0.15) is 29.8 Å². The number of sulfone groups is 1. The minimum atomic E-state index is -3.70. The molecule has 0 saturated carbocycles. The largest absolute Gasteiger partial charge is 0.373 e. The molecule has 0 radical (unpaired) electrons. The number of ether oxygens (including phenoxy) is 1. The maximum Gasteiger partial charge on any atom is 0.255 e. The molecule has 2 aromatic rings. The van der Waals surface area contributed by atoms with E-state index in [1.54, 1.807) is 13.0 Å². The van der Waals surface area contributed by atoms with E-state index >= 15 is 0 Å². The van der Waals surface area contributed by atoms with Gasteiger partial charge in [0.2, 0.25) is 10.0 Å². The monoisotopic (exact) mass is 466 g/mol. The third kappa shape index (κ3) is 5.32. The lowest BCUT2D eigenvalue weighted by atomic mass is 10.1. The van der Waals surface area contributed by atoms with Crippen LogP contribution < -0.4 is 5.32 Å². The van der Waals surface area contributed by atoms with Crippen LogP contribution in [0.5, 0.6) is 0 Å². The van der Waals surface area contributed by atoms with Gasteiger partial charge in [0, 0.05) is 30.6 Å². The summed E-state index contributed by atoms with van der Waals surface area (Å²) >= 11 is 0. The molecule has 1 aliphatic rings. The molecule has 0 bridgehead atoms. The number of nitrogens with one attached hydrogen (secondary N) is 1. The second kappa shape index (κ2) is 8.70. The van der Waals surface area contributed by atoms with E-state index < -0.39 is 25.8 Å². The standard InChI is InChI=1S/C21H26N2O6S2/c1-14-5-8-19(30(4,25)26)11-20(14)22-21(24)17-6-9-18(10-7-17)31(27,28)23-12-15(2)29-16(3)13-23/h5-11,15-16H,12-13H2,1-4H3,(H,22,24). The number of hydrogen-bond acceptors (Lipinski definition) is 6. The number of benzene rings is 2. The molecular weight excluding hydrogens is 440 g/mol.